The zero-order chi connectivity index (χ0) is 65.0. The summed E-state index contributed by atoms with van der Waals surface area (Å²) in [5.74, 6) is -2.92. The average molecular weight is 1360 g/mol. The summed E-state index contributed by atoms with van der Waals surface area (Å²) >= 11 is 2.32. The molecular weight excluding hydrogens is 1280 g/mol. The lowest BCUT2D eigenvalue weighted by molar-refractivity contribution is -0.136. The van der Waals surface area contributed by atoms with Crippen molar-refractivity contribution in [2.24, 2.45) is 0 Å². The molecule has 7 aliphatic rings. The smallest absolute Gasteiger partial charge is 0.264 e. The van der Waals surface area contributed by atoms with Crippen molar-refractivity contribution in [3.63, 3.8) is 0 Å². The molecule has 4 N–H and O–H groups in total. The maximum absolute atomic E-state index is 16.1. The number of carbonyl (C=O) groups excluding carboxylic acids is 8. The van der Waals surface area contributed by atoms with Crippen molar-refractivity contribution in [3.05, 3.63) is 139 Å². The third kappa shape index (κ3) is 12.1. The number of halogens is 2. The highest BCUT2D eigenvalue weighted by Crippen LogP contribution is 2.53. The van der Waals surface area contributed by atoms with Crippen molar-refractivity contribution >= 4 is 98.4 Å². The Balaban J connectivity index is 0.739. The molecule has 1 unspecified atom stereocenters. The van der Waals surface area contributed by atoms with E-state index in [0.717, 1.165) is 56.9 Å². The van der Waals surface area contributed by atoms with Crippen LogP contribution in [0.4, 0.5) is 33.0 Å². The molecule has 92 heavy (non-hydrogen) atoms. The SMILES string of the molecule is C/C=C/N(c1c(I)cc(-c2ccc3c(c2)N(C2CC(N4CCCCC4)C2)C(=O)C32CCN(C(=O)c3ccc(C(=O)N(C)C4CCC(Nc5cccc6c5C(=O)N(C5CCC(=O)NC5=O)C6=O)CC4)cc3)CC2)nc1Nc1cc(C(=O)NC(C)C)c(C)cc1F)C(C)C. The number of pyridine rings is 1. The van der Waals surface area contributed by atoms with Crippen LogP contribution in [0.2, 0.25) is 0 Å². The van der Waals surface area contributed by atoms with Crippen molar-refractivity contribution in [1.29, 1.82) is 0 Å². The predicted molar refractivity (Wildman–Crippen MR) is 360 cm³/mol. The Morgan fingerprint density at radius 2 is 1.51 bits per heavy atom. The molecular formula is C71H81FIN11O8. The number of hydrogen-bond donors (Lipinski definition) is 4. The molecule has 5 aliphatic heterocycles. The lowest BCUT2D eigenvalue weighted by atomic mass is 9.73. The summed E-state index contributed by atoms with van der Waals surface area (Å²) in [4.78, 5) is 126. The first-order valence-electron chi connectivity index (χ1n) is 32.6. The predicted octanol–water partition coefficient (Wildman–Crippen LogP) is 10.9. The summed E-state index contributed by atoms with van der Waals surface area (Å²) in [6, 6.07) is 22.1. The second kappa shape index (κ2) is 26.2. The van der Waals surface area contributed by atoms with Crippen molar-refractivity contribution in [2.75, 3.05) is 53.7 Å². The van der Waals surface area contributed by atoms with Crippen LogP contribution in [0, 0.1) is 16.3 Å². The first-order chi connectivity index (χ1) is 44.1. The van der Waals surface area contributed by atoms with E-state index in [1.807, 2.05) is 50.1 Å². The van der Waals surface area contributed by atoms with Gasteiger partial charge >= 0.3 is 0 Å². The van der Waals surface area contributed by atoms with Crippen LogP contribution in [0.3, 0.4) is 0 Å². The normalized spacial score (nSPS) is 22.2. The van der Waals surface area contributed by atoms with E-state index < -0.39 is 40.9 Å². The molecule has 8 amide bonds. The first kappa shape index (κ1) is 64.1. The largest absolute Gasteiger partial charge is 0.382 e. The number of aromatic nitrogens is 1. The number of carbonyl (C=O) groups is 8. The molecule has 21 heteroatoms. The van der Waals surface area contributed by atoms with Crippen LogP contribution in [0.25, 0.3) is 11.3 Å². The molecule has 4 aromatic carbocycles. The van der Waals surface area contributed by atoms with Gasteiger partial charge in [-0.25, -0.2) is 9.37 Å². The zero-order valence-corrected chi connectivity index (χ0v) is 55.5. The maximum atomic E-state index is 16.1. The second-order valence-electron chi connectivity index (χ2n) is 26.5. The fraction of sp³-hybridized carbons (Fsp3) is 0.451. The Morgan fingerprint density at radius 1 is 0.804 bits per heavy atom. The van der Waals surface area contributed by atoms with E-state index in [1.54, 1.807) is 67.4 Å². The van der Waals surface area contributed by atoms with E-state index in [4.69, 9.17) is 4.98 Å². The molecule has 12 rings (SSSR count). The zero-order valence-electron chi connectivity index (χ0n) is 53.4. The van der Waals surface area contributed by atoms with Crippen LogP contribution in [-0.2, 0) is 19.8 Å². The fourth-order valence-corrected chi connectivity index (χ4v) is 15.8. The van der Waals surface area contributed by atoms with Gasteiger partial charge in [-0.1, -0.05) is 30.7 Å². The third-order valence-corrected chi connectivity index (χ3v) is 20.9. The lowest BCUT2D eigenvalue weighted by Crippen LogP contribution is -2.58. The minimum atomic E-state index is -1.06. The van der Waals surface area contributed by atoms with Gasteiger partial charge in [0.2, 0.25) is 17.7 Å². The van der Waals surface area contributed by atoms with Crippen LogP contribution >= 0.6 is 22.6 Å². The molecule has 0 bridgehead atoms. The number of piperidine rings is 3. The average Bonchev–Trinajstić information content (AvgIpc) is 1.55. The standard InChI is InChI=1S/C71H81FIN11O8/c1-8-29-82(41(4)5)62-54(73)39-56(76-63(62)77-57-38-51(42(6)34-53(57)72)64(86)74-40(2)3)45-19-24-52-59(35-45)83(49-36-48(37-49)80-30-10-9-11-31-80)70(92)71(52)27-32-81(33-28-71)67(89)44-17-15-43(16-18-44)66(88)79(7)47-22-20-46(21-23-47)75-55-14-12-13-50-61(55)69(91)84(68(50)90)58-25-26-60(85)78-65(58)87/h8,12-19,24,29,34-35,38-41,46-49,58,75H,9-11,20-23,25-28,30-33,36-37H2,1-7H3,(H,74,86)(H,76,77)(H,78,85,87)/b29-8+. The summed E-state index contributed by atoms with van der Waals surface area (Å²) in [6.07, 6.45) is 13.0. The highest BCUT2D eigenvalue weighted by molar-refractivity contribution is 14.1. The number of nitrogens with zero attached hydrogens (tertiary/aromatic N) is 7. The van der Waals surface area contributed by atoms with Crippen molar-refractivity contribution in [1.82, 2.24) is 35.2 Å². The van der Waals surface area contributed by atoms with Gasteiger partial charge in [-0.05, 0) is 220 Å². The lowest BCUT2D eigenvalue weighted by Gasteiger charge is -2.48. The highest BCUT2D eigenvalue weighted by atomic mass is 127. The molecule has 1 aromatic heterocycles. The first-order valence-corrected chi connectivity index (χ1v) is 33.7. The molecule has 5 aromatic rings. The van der Waals surface area contributed by atoms with Crippen LogP contribution in [-0.4, -0.2) is 147 Å². The van der Waals surface area contributed by atoms with E-state index in [1.165, 1.54) is 25.3 Å². The van der Waals surface area contributed by atoms with Crippen molar-refractivity contribution < 1.29 is 42.7 Å². The Labute approximate surface area is 550 Å². The Kier molecular flexibility index (Phi) is 18.2. The van der Waals surface area contributed by atoms with Crippen molar-refractivity contribution in [3.8, 4) is 11.3 Å². The fourth-order valence-electron chi connectivity index (χ4n) is 14.9. The van der Waals surface area contributed by atoms with Crippen LogP contribution < -0.4 is 31.1 Å². The van der Waals surface area contributed by atoms with E-state index >= 15 is 9.18 Å². The number of rotatable bonds is 16. The number of fused-ring (bicyclic) bond motifs is 3. The number of nitrogens with one attached hydrogen (secondary N) is 4. The highest BCUT2D eigenvalue weighted by Gasteiger charge is 2.56. The minimum absolute atomic E-state index is 0.000350. The van der Waals surface area contributed by atoms with Gasteiger partial charge in [-0.3, -0.25) is 48.6 Å². The van der Waals surface area contributed by atoms with E-state index in [0.29, 0.717) is 97.1 Å². The van der Waals surface area contributed by atoms with Gasteiger partial charge in [0.25, 0.3) is 29.5 Å². The van der Waals surface area contributed by atoms with Gasteiger partial charge in [-0.15, -0.1) is 0 Å². The van der Waals surface area contributed by atoms with Gasteiger partial charge in [-0.2, -0.15) is 0 Å². The van der Waals surface area contributed by atoms with E-state index in [-0.39, 0.29) is 83.5 Å². The number of amides is 8. The van der Waals surface area contributed by atoms with Gasteiger partial charge in [0.15, 0.2) is 5.82 Å². The van der Waals surface area contributed by atoms with Gasteiger partial charge in [0.1, 0.15) is 11.9 Å². The molecule has 5 fully saturated rings. The molecule has 2 saturated carbocycles. The molecule has 1 spiro atoms. The van der Waals surface area contributed by atoms with Gasteiger partial charge in [0, 0.05) is 106 Å². The quantitative estimate of drug-likeness (QED) is 0.0535. The van der Waals surface area contributed by atoms with Crippen LogP contribution in [0.1, 0.15) is 181 Å². The molecule has 482 valence electrons. The Bertz CT molecular complexity index is 3830. The molecule has 3 saturated heterocycles. The number of imide groups is 2. The maximum Gasteiger partial charge on any atom is 0.264 e. The number of hydrogen-bond acceptors (Lipinski definition) is 13. The second-order valence-corrected chi connectivity index (χ2v) is 27.7. The summed E-state index contributed by atoms with van der Waals surface area (Å²) < 4.78 is 17.0. The molecule has 2 aliphatic carbocycles. The van der Waals surface area contributed by atoms with Crippen LogP contribution in [0.15, 0.2) is 91.1 Å². The third-order valence-electron chi connectivity index (χ3n) is 20.0. The molecule has 6 heterocycles. The molecule has 0 radical (unpaired) electrons. The number of benzene rings is 4. The van der Waals surface area contributed by atoms with Gasteiger partial charge in [0.05, 0.1) is 33.6 Å². The summed E-state index contributed by atoms with van der Waals surface area (Å²) in [7, 11) is 1.79. The summed E-state index contributed by atoms with van der Waals surface area (Å²) in [5.41, 5.74) is 5.91. The number of likely N-dealkylation sites (tertiary alicyclic amines) is 2. The van der Waals surface area contributed by atoms with E-state index in [9.17, 15) is 33.6 Å². The summed E-state index contributed by atoms with van der Waals surface area (Å²) in [6.45, 7) is 14.4. The summed E-state index contributed by atoms with van der Waals surface area (Å²) in [5, 5.41) is 12.0. The molecule has 19 nitrogen and oxygen atoms in total. The number of anilines is 5. The van der Waals surface area contributed by atoms with E-state index in [2.05, 4.69) is 84.5 Å². The minimum Gasteiger partial charge on any atom is -0.382 e. The number of allylic oxidation sites excluding steroid dienone is 1. The molecule has 1 atom stereocenters. The van der Waals surface area contributed by atoms with Crippen molar-refractivity contribution in [2.45, 2.75) is 173 Å². The monoisotopic (exact) mass is 1360 g/mol. The number of aryl methyl sites for hydroxylation is 1. The van der Waals surface area contributed by atoms with Gasteiger partial charge < -0.3 is 40.4 Å². The van der Waals surface area contributed by atoms with Crippen LogP contribution in [0.5, 0.6) is 0 Å². The Morgan fingerprint density at radius 3 is 2.18 bits per heavy atom. The Hall–Kier alpha value is -8.05. The topological polar surface area (TPSA) is 217 Å².